The molecule has 0 spiro atoms. The molecule has 2 atom stereocenters. The summed E-state index contributed by atoms with van der Waals surface area (Å²) in [7, 11) is 0. The summed E-state index contributed by atoms with van der Waals surface area (Å²) in [4.78, 5) is 4.58. The van der Waals surface area contributed by atoms with E-state index in [4.69, 9.17) is 20.6 Å². The number of anilines is 1. The first-order valence-electron chi connectivity index (χ1n) is 8.79. The molecular formula is C17H24N5O4S-. The molecule has 0 radical (unpaired) electrons. The first kappa shape index (κ1) is 19.6. The number of nitrogens with one attached hydrogen (secondary N) is 2. The van der Waals surface area contributed by atoms with Gasteiger partial charge in [-0.2, -0.15) is 0 Å². The molecule has 2 aliphatic rings. The van der Waals surface area contributed by atoms with Crippen LogP contribution in [0.3, 0.4) is 0 Å². The van der Waals surface area contributed by atoms with Crippen LogP contribution in [0.2, 0.25) is 0 Å². The molecule has 148 valence electrons. The molecule has 0 amide bonds. The summed E-state index contributed by atoms with van der Waals surface area (Å²) in [6.45, 7) is 4.86. The highest BCUT2D eigenvalue weighted by atomic mass is 32.2. The number of hydrogen-bond acceptors (Lipinski definition) is 7. The van der Waals surface area contributed by atoms with Crippen LogP contribution in [0, 0.1) is 11.3 Å². The van der Waals surface area contributed by atoms with Crippen molar-refractivity contribution in [2.24, 2.45) is 5.92 Å². The number of allylic oxidation sites excluding steroid dienone is 3. The molecule has 0 saturated heterocycles. The van der Waals surface area contributed by atoms with Crippen LogP contribution in [0.1, 0.15) is 38.2 Å². The number of imidazole rings is 1. The van der Waals surface area contributed by atoms with Crippen molar-refractivity contribution < 1.29 is 18.2 Å². The van der Waals surface area contributed by atoms with Crippen molar-refractivity contribution >= 4 is 22.8 Å². The van der Waals surface area contributed by atoms with E-state index in [2.05, 4.69) is 16.6 Å². The van der Waals surface area contributed by atoms with Crippen LogP contribution in [-0.2, 0) is 33.7 Å². The monoisotopic (exact) mass is 394 g/mol. The fourth-order valence-corrected chi connectivity index (χ4v) is 3.60. The molecule has 0 aromatic carbocycles. The normalized spacial score (nSPS) is 20.0. The molecule has 3 rings (SSSR count). The highest BCUT2D eigenvalue weighted by molar-refractivity contribution is 7.77. The Balaban J connectivity index is 1.82. The van der Waals surface area contributed by atoms with Crippen LogP contribution in [0.25, 0.3) is 0 Å². The van der Waals surface area contributed by atoms with Crippen LogP contribution in [0.4, 0.5) is 5.82 Å². The summed E-state index contributed by atoms with van der Waals surface area (Å²) in [6, 6.07) is 0. The Labute approximate surface area is 160 Å². The van der Waals surface area contributed by atoms with Crippen LogP contribution in [0.15, 0.2) is 23.2 Å². The van der Waals surface area contributed by atoms with Gasteiger partial charge in [0, 0.05) is 37.2 Å². The predicted octanol–water partition coefficient (Wildman–Crippen LogP) is 1.35. The van der Waals surface area contributed by atoms with Gasteiger partial charge in [-0.05, 0) is 25.3 Å². The lowest BCUT2D eigenvalue weighted by molar-refractivity contribution is 0.0720. The second-order valence-corrected chi connectivity index (χ2v) is 7.47. The number of rotatable bonds is 8. The maximum absolute atomic E-state index is 10.6. The zero-order chi connectivity index (χ0) is 19.6. The largest absolute Gasteiger partial charge is 0.760 e. The van der Waals surface area contributed by atoms with Gasteiger partial charge in [-0.25, -0.2) is 9.71 Å². The minimum absolute atomic E-state index is 0.258. The molecule has 4 N–H and O–H groups in total. The van der Waals surface area contributed by atoms with Crippen LogP contribution in [0.5, 0.6) is 0 Å². The summed E-state index contributed by atoms with van der Waals surface area (Å²) in [5.41, 5.74) is 8.15. The molecule has 9 nitrogen and oxygen atoms in total. The number of nitrogens with zero attached hydrogens (tertiary/aromatic N) is 2. The van der Waals surface area contributed by atoms with Crippen LogP contribution in [-0.4, -0.2) is 37.4 Å². The van der Waals surface area contributed by atoms with E-state index in [1.807, 2.05) is 10.6 Å². The van der Waals surface area contributed by atoms with E-state index in [9.17, 15) is 8.76 Å². The molecule has 1 aromatic rings. The maximum atomic E-state index is 10.6. The van der Waals surface area contributed by atoms with E-state index in [0.717, 1.165) is 23.8 Å². The van der Waals surface area contributed by atoms with E-state index >= 15 is 0 Å². The van der Waals surface area contributed by atoms with E-state index in [-0.39, 0.29) is 12.7 Å². The van der Waals surface area contributed by atoms with Crippen LogP contribution >= 0.6 is 0 Å². The van der Waals surface area contributed by atoms with Gasteiger partial charge in [-0.15, -0.1) is 0 Å². The lowest BCUT2D eigenvalue weighted by Crippen LogP contribution is -2.20. The third kappa shape index (κ3) is 4.40. The number of hydrogen-bond donors (Lipinski definition) is 3. The Morgan fingerprint density at radius 3 is 3.04 bits per heavy atom. The Bertz CT molecular complexity index is 830. The Morgan fingerprint density at radius 1 is 1.56 bits per heavy atom. The summed E-state index contributed by atoms with van der Waals surface area (Å²) >= 11 is -2.28. The second kappa shape index (κ2) is 8.24. The van der Waals surface area contributed by atoms with Gasteiger partial charge in [-0.3, -0.25) is 4.21 Å². The maximum Gasteiger partial charge on any atom is 0.230 e. The number of aromatic nitrogens is 2. The minimum atomic E-state index is -2.28. The first-order chi connectivity index (χ1) is 12.9. The van der Waals surface area contributed by atoms with Gasteiger partial charge in [0.05, 0.1) is 5.71 Å². The van der Waals surface area contributed by atoms with Gasteiger partial charge in [-0.1, -0.05) is 12.5 Å². The Morgan fingerprint density at radius 2 is 2.33 bits per heavy atom. The SMILES string of the molecule is CC(=N)c1nc(CC2=CC3=C(CC2C)OCO3)n(CCCNS(=O)[O-])c1N. The smallest absolute Gasteiger partial charge is 0.230 e. The van der Waals surface area contributed by atoms with Crippen molar-refractivity contribution in [1.82, 2.24) is 14.3 Å². The van der Waals surface area contributed by atoms with Gasteiger partial charge >= 0.3 is 0 Å². The number of nitrogens with two attached hydrogens (primary N) is 1. The fraction of sp³-hybridized carbons (Fsp3) is 0.529. The lowest BCUT2D eigenvalue weighted by atomic mass is 9.89. The predicted molar refractivity (Wildman–Crippen MR) is 100 cm³/mol. The Hall–Kier alpha value is -2.17. The highest BCUT2D eigenvalue weighted by Crippen LogP contribution is 2.35. The van der Waals surface area contributed by atoms with Gasteiger partial charge in [0.1, 0.15) is 23.1 Å². The molecular weight excluding hydrogens is 370 g/mol. The highest BCUT2D eigenvalue weighted by Gasteiger charge is 2.27. The summed E-state index contributed by atoms with van der Waals surface area (Å²) in [5, 5.41) is 7.90. The molecule has 0 bridgehead atoms. The minimum Gasteiger partial charge on any atom is -0.760 e. The average molecular weight is 394 g/mol. The van der Waals surface area contributed by atoms with E-state index in [0.29, 0.717) is 43.2 Å². The molecule has 1 aromatic heterocycles. The van der Waals surface area contributed by atoms with Crippen LogP contribution < -0.4 is 10.5 Å². The summed E-state index contributed by atoms with van der Waals surface area (Å²) in [5.74, 6) is 3.15. The summed E-state index contributed by atoms with van der Waals surface area (Å²) in [6.07, 6.45) is 3.94. The average Bonchev–Trinajstić information content (AvgIpc) is 3.16. The molecule has 2 unspecified atom stereocenters. The van der Waals surface area contributed by atoms with Gasteiger partial charge in [0.15, 0.2) is 5.76 Å². The van der Waals surface area contributed by atoms with Crippen molar-refractivity contribution in [2.45, 2.75) is 39.7 Å². The zero-order valence-corrected chi connectivity index (χ0v) is 16.2. The molecule has 27 heavy (non-hydrogen) atoms. The third-order valence-electron chi connectivity index (χ3n) is 4.75. The van der Waals surface area contributed by atoms with Gasteiger partial charge in [0.2, 0.25) is 6.79 Å². The van der Waals surface area contributed by atoms with E-state index in [1.165, 1.54) is 5.57 Å². The van der Waals surface area contributed by atoms with E-state index in [1.54, 1.807) is 6.92 Å². The van der Waals surface area contributed by atoms with Gasteiger partial charge < -0.3 is 29.7 Å². The molecule has 0 saturated carbocycles. The lowest BCUT2D eigenvalue weighted by Gasteiger charge is -2.20. The van der Waals surface area contributed by atoms with Crippen molar-refractivity contribution in [2.75, 3.05) is 19.1 Å². The van der Waals surface area contributed by atoms with Gasteiger partial charge in [0.25, 0.3) is 0 Å². The second-order valence-electron chi connectivity index (χ2n) is 6.72. The quantitative estimate of drug-likeness (QED) is 0.346. The summed E-state index contributed by atoms with van der Waals surface area (Å²) < 4.78 is 36.4. The number of nitrogen functional groups attached to an aromatic ring is 1. The van der Waals surface area contributed by atoms with E-state index < -0.39 is 11.3 Å². The molecule has 1 aliphatic carbocycles. The van der Waals surface area contributed by atoms with Crippen molar-refractivity contribution in [3.63, 3.8) is 0 Å². The standard InChI is InChI=1S/C17H25N5O4S/c1-10-6-13-14(26-9-25-13)7-12(10)8-15-21-16(11(2)18)17(19)22(15)5-3-4-20-27(23)24/h7,10,18,20H,3-6,8-9,19H2,1-2H3,(H,23,24)/p-1. The molecule has 1 aliphatic heterocycles. The van der Waals surface area contributed by atoms with Crippen molar-refractivity contribution in [1.29, 1.82) is 5.41 Å². The third-order valence-corrected chi connectivity index (χ3v) is 5.18. The molecule has 10 heteroatoms. The Kier molecular flexibility index (Phi) is 5.98. The molecule has 2 heterocycles. The van der Waals surface area contributed by atoms with Crippen molar-refractivity contribution in [3.05, 3.63) is 34.7 Å². The topological polar surface area (TPSA) is 138 Å². The number of ether oxygens (including phenoxy) is 2. The molecule has 0 fully saturated rings. The zero-order valence-electron chi connectivity index (χ0n) is 15.4. The fourth-order valence-electron chi connectivity index (χ4n) is 3.29. The van der Waals surface area contributed by atoms with Crippen molar-refractivity contribution in [3.8, 4) is 0 Å². The first-order valence-corrected chi connectivity index (χ1v) is 9.86.